The Morgan fingerprint density at radius 2 is 0.703 bits per heavy atom. The van der Waals surface area contributed by atoms with Gasteiger partial charge in [0.05, 0.1) is 40.0 Å². The number of hydrogen-bond acceptors (Lipinski definition) is 17. The van der Waals surface area contributed by atoms with E-state index in [4.69, 9.17) is 47.4 Å². The zero-order valence-corrected chi connectivity index (χ0v) is 39.5. The molecule has 0 bridgehead atoms. The predicted octanol–water partition coefficient (Wildman–Crippen LogP) is 7.00. The zero-order chi connectivity index (χ0) is 51.8. The number of esters is 6. The molecule has 2 heterocycles. The predicted molar refractivity (Wildman–Crippen MR) is 260 cm³/mol. The fourth-order valence-electron chi connectivity index (χ4n) is 8.00. The summed E-state index contributed by atoms with van der Waals surface area (Å²) in [5, 5.41) is 12.5. The van der Waals surface area contributed by atoms with Gasteiger partial charge in [-0.1, -0.05) is 115 Å². The molecule has 1 N–H and O–H groups in total. The van der Waals surface area contributed by atoms with Gasteiger partial charge in [-0.3, -0.25) is 0 Å². The van der Waals surface area contributed by atoms with Crippen molar-refractivity contribution in [2.45, 2.75) is 61.4 Å². The summed E-state index contributed by atoms with van der Waals surface area (Å²) in [7, 11) is 0. The van der Waals surface area contributed by atoms with Gasteiger partial charge in [0.1, 0.15) is 31.5 Å². The number of ether oxygens (including phenoxy) is 10. The van der Waals surface area contributed by atoms with Crippen LogP contribution in [0.3, 0.4) is 0 Å². The molecule has 0 radical (unpaired) electrons. The second kappa shape index (κ2) is 25.4. The highest BCUT2D eigenvalue weighted by atomic mass is 16.8. The average Bonchev–Trinajstić information content (AvgIpc) is 3.45. The van der Waals surface area contributed by atoms with Crippen LogP contribution in [0, 0.1) is 0 Å². The van der Waals surface area contributed by atoms with Crippen molar-refractivity contribution in [2.24, 2.45) is 0 Å². The number of rotatable bonds is 19. The van der Waals surface area contributed by atoms with E-state index in [9.17, 15) is 33.9 Å². The molecule has 2 saturated heterocycles. The Morgan fingerprint density at radius 3 is 1.05 bits per heavy atom. The van der Waals surface area contributed by atoms with Gasteiger partial charge in [0.15, 0.2) is 43.1 Å². The minimum absolute atomic E-state index is 0.0531. The van der Waals surface area contributed by atoms with Crippen LogP contribution in [0.5, 0.6) is 0 Å². The average molecular weight is 1010 g/mol. The van der Waals surface area contributed by atoms with Crippen molar-refractivity contribution < 1.29 is 81.2 Å². The maximum Gasteiger partial charge on any atom is 0.338 e. The molecule has 8 rings (SSSR count). The molecule has 2 aliphatic heterocycles. The molecule has 17 nitrogen and oxygen atoms in total. The van der Waals surface area contributed by atoms with Crippen LogP contribution >= 0.6 is 0 Å². The third kappa shape index (κ3) is 13.2. The van der Waals surface area contributed by atoms with Crippen LogP contribution in [0.4, 0.5) is 0 Å². The summed E-state index contributed by atoms with van der Waals surface area (Å²) in [5.74, 6) is -5.29. The number of hydrogen-bond donors (Lipinski definition) is 1. The first-order valence-corrected chi connectivity index (χ1v) is 23.4. The van der Waals surface area contributed by atoms with Crippen LogP contribution in [-0.4, -0.2) is 122 Å². The molecule has 0 spiro atoms. The molecule has 0 aliphatic carbocycles. The summed E-state index contributed by atoms with van der Waals surface area (Å²) in [6.07, 6.45) is -16.0. The SMILES string of the molecule is C=CCO[C@H]1O[C@H](COC(=O)c2ccccc2)[C@@H](OC(=O)c2ccccc2)[C@H](OC(=O)c2ccccc2)[C@@H]1O[C@H]1O[C@H](COC(=O)c2ccccc2)[C@@H](OC(=O)c2ccccc2)[C@H](OC(=O)c2ccccc2)[C@@H]1O. The second-order valence-corrected chi connectivity index (χ2v) is 16.7. The van der Waals surface area contributed by atoms with Gasteiger partial charge < -0.3 is 52.5 Å². The fourth-order valence-corrected chi connectivity index (χ4v) is 8.00. The van der Waals surface area contributed by atoms with E-state index in [0.29, 0.717) is 0 Å². The van der Waals surface area contributed by atoms with E-state index in [2.05, 4.69) is 6.58 Å². The minimum Gasteiger partial charge on any atom is -0.459 e. The van der Waals surface area contributed by atoms with Crippen molar-refractivity contribution >= 4 is 35.8 Å². The van der Waals surface area contributed by atoms with Gasteiger partial charge in [-0.2, -0.15) is 0 Å². The first-order valence-electron chi connectivity index (χ1n) is 23.4. The summed E-state index contributed by atoms with van der Waals surface area (Å²) in [4.78, 5) is 83.0. The quantitative estimate of drug-likeness (QED) is 0.0491. The highest BCUT2D eigenvalue weighted by Gasteiger charge is 2.57. The van der Waals surface area contributed by atoms with Crippen molar-refractivity contribution in [3.63, 3.8) is 0 Å². The van der Waals surface area contributed by atoms with E-state index >= 15 is 0 Å². The number of aliphatic hydroxyl groups is 1. The summed E-state index contributed by atoms with van der Waals surface area (Å²) in [6, 6.07) is 47.3. The standard InChI is InChI=1S/C57H50O17/c1-2-33-65-57-49(48(73-55(64)41-31-19-8-20-32-41)46(71-53(62)39-27-15-6-16-28-39)43(69-57)35-67-51(60)37-23-11-4-12-24-37)74-56-44(58)47(72-54(63)40-29-17-7-18-30-40)45(70-52(61)38-25-13-5-14-26-38)42(68-56)34-66-50(59)36-21-9-3-10-22-36/h2-32,42-49,56-58H,1,33-35H2/t42-,43-,44+,45-,46-,47-,48+,49+,56-,57+/m1/s1. The van der Waals surface area contributed by atoms with Gasteiger partial charge >= 0.3 is 35.8 Å². The van der Waals surface area contributed by atoms with Crippen LogP contribution < -0.4 is 0 Å². The smallest absolute Gasteiger partial charge is 0.338 e. The van der Waals surface area contributed by atoms with E-state index in [1.165, 1.54) is 78.9 Å². The fraction of sp³-hybridized carbons (Fsp3) is 0.228. The molecule has 2 aliphatic rings. The molecule has 6 aromatic carbocycles. The monoisotopic (exact) mass is 1010 g/mol. The Kier molecular flexibility index (Phi) is 17.8. The normalized spacial score (nSPS) is 23.2. The summed E-state index contributed by atoms with van der Waals surface area (Å²) < 4.78 is 61.5. The Balaban J connectivity index is 1.20. The first-order chi connectivity index (χ1) is 36.1. The number of carbonyl (C=O) groups is 6. The molecule has 0 unspecified atom stereocenters. The van der Waals surface area contributed by atoms with Gasteiger partial charge in [0, 0.05) is 0 Å². The maximum atomic E-state index is 14.2. The van der Waals surface area contributed by atoms with Gasteiger partial charge in [0.25, 0.3) is 0 Å². The second-order valence-electron chi connectivity index (χ2n) is 16.7. The molecule has 380 valence electrons. The van der Waals surface area contributed by atoms with Crippen molar-refractivity contribution in [3.05, 3.63) is 228 Å². The van der Waals surface area contributed by atoms with E-state index in [1.54, 1.807) is 109 Å². The van der Waals surface area contributed by atoms with Crippen molar-refractivity contribution in [2.75, 3.05) is 19.8 Å². The van der Waals surface area contributed by atoms with E-state index in [0.717, 1.165) is 0 Å². The Bertz CT molecular complexity index is 2820. The first kappa shape index (κ1) is 52.0. The highest BCUT2D eigenvalue weighted by Crippen LogP contribution is 2.36. The molecule has 74 heavy (non-hydrogen) atoms. The van der Waals surface area contributed by atoms with Crippen molar-refractivity contribution in [1.29, 1.82) is 0 Å². The lowest BCUT2D eigenvalue weighted by Gasteiger charge is -2.48. The van der Waals surface area contributed by atoms with Gasteiger partial charge in [0.2, 0.25) is 0 Å². The number of aliphatic hydroxyl groups excluding tert-OH is 1. The molecule has 2 fully saturated rings. The van der Waals surface area contributed by atoms with E-state index in [1.807, 2.05) is 0 Å². The van der Waals surface area contributed by atoms with Crippen molar-refractivity contribution in [1.82, 2.24) is 0 Å². The van der Waals surface area contributed by atoms with Crippen molar-refractivity contribution in [3.8, 4) is 0 Å². The molecular weight excluding hydrogens is 957 g/mol. The third-order valence-electron chi connectivity index (χ3n) is 11.7. The third-order valence-corrected chi connectivity index (χ3v) is 11.7. The molecule has 17 heteroatoms. The van der Waals surface area contributed by atoms with Gasteiger partial charge in [-0.15, -0.1) is 6.58 Å². The summed E-state index contributed by atoms with van der Waals surface area (Å²) in [6.45, 7) is 2.25. The Morgan fingerprint density at radius 1 is 0.405 bits per heavy atom. The lowest BCUT2D eigenvalue weighted by Crippen LogP contribution is -2.67. The van der Waals surface area contributed by atoms with Crippen LogP contribution in [0.25, 0.3) is 0 Å². The van der Waals surface area contributed by atoms with Crippen LogP contribution in [0.15, 0.2) is 195 Å². The van der Waals surface area contributed by atoms with Crippen LogP contribution in [-0.2, 0) is 47.4 Å². The molecule has 10 atom stereocenters. The summed E-state index contributed by atoms with van der Waals surface area (Å²) in [5.41, 5.74) is 0.631. The largest absolute Gasteiger partial charge is 0.459 e. The van der Waals surface area contributed by atoms with Crippen LogP contribution in [0.1, 0.15) is 62.1 Å². The Labute approximate surface area is 425 Å². The van der Waals surface area contributed by atoms with Gasteiger partial charge in [-0.05, 0) is 72.8 Å². The number of carbonyl (C=O) groups excluding carboxylic acids is 6. The zero-order valence-electron chi connectivity index (χ0n) is 39.5. The van der Waals surface area contributed by atoms with E-state index in [-0.39, 0.29) is 40.0 Å². The maximum absolute atomic E-state index is 14.2. The molecule has 0 aromatic heterocycles. The topological polar surface area (TPSA) is 215 Å². The number of benzene rings is 6. The molecule has 0 amide bonds. The lowest BCUT2D eigenvalue weighted by atomic mass is 9.96. The molecule has 6 aromatic rings. The molecular formula is C57H50O17. The minimum atomic E-state index is -2.07. The van der Waals surface area contributed by atoms with Crippen LogP contribution in [0.2, 0.25) is 0 Å². The van der Waals surface area contributed by atoms with E-state index < -0.39 is 110 Å². The lowest BCUT2D eigenvalue weighted by molar-refractivity contribution is -0.364. The van der Waals surface area contributed by atoms with Gasteiger partial charge in [-0.25, -0.2) is 28.8 Å². The Hall–Kier alpha value is -8.32. The highest BCUT2D eigenvalue weighted by molar-refractivity contribution is 5.92. The summed E-state index contributed by atoms with van der Waals surface area (Å²) >= 11 is 0. The molecule has 0 saturated carbocycles.